The smallest absolute Gasteiger partial charge is 0.0623 e. The first-order chi connectivity index (χ1) is 12.8. The summed E-state index contributed by atoms with van der Waals surface area (Å²) in [6.45, 7) is 9.15. The quantitative estimate of drug-likeness (QED) is 0.739. The van der Waals surface area contributed by atoms with Crippen LogP contribution in [0.4, 0.5) is 0 Å². The van der Waals surface area contributed by atoms with Gasteiger partial charge < -0.3 is 20.3 Å². The summed E-state index contributed by atoms with van der Waals surface area (Å²) < 4.78 is 5.76. The summed E-state index contributed by atoms with van der Waals surface area (Å²) in [4.78, 5) is 5.38. The lowest BCUT2D eigenvalue weighted by molar-refractivity contribution is 0.00921. The number of nitrogens with zero attached hydrogens (tertiary/aromatic N) is 2. The van der Waals surface area contributed by atoms with Crippen molar-refractivity contribution in [2.75, 3.05) is 59.5 Å². The van der Waals surface area contributed by atoms with Crippen LogP contribution < -0.4 is 10.6 Å². The summed E-state index contributed by atoms with van der Waals surface area (Å²) in [5, 5.41) is 7.82. The van der Waals surface area contributed by atoms with Crippen molar-refractivity contribution < 1.29 is 4.74 Å². The van der Waals surface area contributed by atoms with E-state index in [1.54, 1.807) is 0 Å². The van der Waals surface area contributed by atoms with E-state index in [0.717, 1.165) is 25.7 Å². The van der Waals surface area contributed by atoms with Crippen molar-refractivity contribution in [2.45, 2.75) is 69.0 Å². The molecule has 3 unspecified atom stereocenters. The van der Waals surface area contributed by atoms with Gasteiger partial charge >= 0.3 is 0 Å². The van der Waals surface area contributed by atoms with Gasteiger partial charge in [0.25, 0.3) is 0 Å². The lowest BCUT2D eigenvalue weighted by atomic mass is 9.83. The van der Waals surface area contributed by atoms with E-state index in [0.29, 0.717) is 17.6 Å². The Labute approximate surface area is 172 Å². The minimum Gasteiger partial charge on any atom is -0.379 e. The summed E-state index contributed by atoms with van der Waals surface area (Å²) in [6.07, 6.45) is 11.0. The Kier molecular flexibility index (Phi) is 8.25. The third-order valence-corrected chi connectivity index (χ3v) is 7.67. The maximum atomic E-state index is 5.76. The molecule has 4 fully saturated rings. The Morgan fingerprint density at radius 2 is 1.81 bits per heavy atom. The molecule has 5 nitrogen and oxygen atoms in total. The second-order valence-corrected chi connectivity index (χ2v) is 9.29. The van der Waals surface area contributed by atoms with Gasteiger partial charge in [-0.2, -0.15) is 0 Å². The van der Waals surface area contributed by atoms with Crippen molar-refractivity contribution in [3.8, 4) is 0 Å². The zero-order valence-corrected chi connectivity index (χ0v) is 18.1. The second kappa shape index (κ2) is 10.2. The molecule has 4 aliphatic rings. The number of rotatable bonds is 5. The third kappa shape index (κ3) is 5.18. The molecular weight excluding hydrogens is 360 g/mol. The fraction of sp³-hybridized carbons (Fsp3) is 1.00. The van der Waals surface area contributed by atoms with Crippen molar-refractivity contribution in [3.05, 3.63) is 0 Å². The number of halogens is 1. The van der Waals surface area contributed by atoms with Crippen LogP contribution >= 0.6 is 12.4 Å². The predicted octanol–water partition coefficient (Wildman–Crippen LogP) is 2.11. The summed E-state index contributed by atoms with van der Waals surface area (Å²) in [5.41, 5.74) is 0.399. The van der Waals surface area contributed by atoms with Crippen LogP contribution in [-0.2, 0) is 4.74 Å². The largest absolute Gasteiger partial charge is 0.379 e. The first kappa shape index (κ1) is 21.8. The van der Waals surface area contributed by atoms with E-state index in [2.05, 4.69) is 27.5 Å². The predicted molar refractivity (Wildman–Crippen MR) is 114 cm³/mol. The van der Waals surface area contributed by atoms with Gasteiger partial charge in [-0.3, -0.25) is 4.90 Å². The molecule has 158 valence electrons. The van der Waals surface area contributed by atoms with Gasteiger partial charge in [0.1, 0.15) is 0 Å². The SMILES string of the molecule is CN1CCC(CNC2CCCC2C2COCCN2)(N2CCCCC2)CC1.Cl. The van der Waals surface area contributed by atoms with Crippen molar-refractivity contribution in [1.82, 2.24) is 20.4 Å². The molecule has 0 radical (unpaired) electrons. The zero-order chi connectivity index (χ0) is 17.8. The van der Waals surface area contributed by atoms with E-state index in [4.69, 9.17) is 4.74 Å². The van der Waals surface area contributed by atoms with Crippen LogP contribution in [0.2, 0.25) is 0 Å². The van der Waals surface area contributed by atoms with Gasteiger partial charge in [0.15, 0.2) is 0 Å². The summed E-state index contributed by atoms with van der Waals surface area (Å²) >= 11 is 0. The average Bonchev–Trinajstić information content (AvgIpc) is 3.18. The van der Waals surface area contributed by atoms with Gasteiger partial charge in [0.05, 0.1) is 13.2 Å². The highest BCUT2D eigenvalue weighted by Gasteiger charge is 2.41. The van der Waals surface area contributed by atoms with Gasteiger partial charge in [-0.05, 0) is 77.7 Å². The zero-order valence-electron chi connectivity index (χ0n) is 17.3. The fourth-order valence-corrected chi connectivity index (χ4v) is 5.91. The molecule has 3 atom stereocenters. The maximum Gasteiger partial charge on any atom is 0.0623 e. The molecule has 0 spiro atoms. The van der Waals surface area contributed by atoms with Gasteiger partial charge in [0, 0.05) is 30.7 Å². The molecule has 3 heterocycles. The molecule has 0 aromatic heterocycles. The lowest BCUT2D eigenvalue weighted by Gasteiger charge is -2.50. The van der Waals surface area contributed by atoms with Gasteiger partial charge in [-0.1, -0.05) is 12.8 Å². The highest BCUT2D eigenvalue weighted by atomic mass is 35.5. The third-order valence-electron chi connectivity index (χ3n) is 7.67. The Bertz CT molecular complexity index is 432. The van der Waals surface area contributed by atoms with Crippen LogP contribution in [0.3, 0.4) is 0 Å². The number of morpholine rings is 1. The number of hydrogen-bond donors (Lipinski definition) is 2. The van der Waals surface area contributed by atoms with E-state index in [1.165, 1.54) is 84.1 Å². The molecule has 0 aromatic carbocycles. The average molecular weight is 401 g/mol. The molecule has 1 saturated carbocycles. The van der Waals surface area contributed by atoms with Crippen molar-refractivity contribution in [2.24, 2.45) is 5.92 Å². The minimum absolute atomic E-state index is 0. The molecule has 1 aliphatic carbocycles. The minimum atomic E-state index is 0. The van der Waals surface area contributed by atoms with Crippen LogP contribution in [0, 0.1) is 5.92 Å². The number of hydrogen-bond acceptors (Lipinski definition) is 5. The fourth-order valence-electron chi connectivity index (χ4n) is 5.91. The van der Waals surface area contributed by atoms with Gasteiger partial charge in [0.2, 0.25) is 0 Å². The topological polar surface area (TPSA) is 39.8 Å². The summed E-state index contributed by atoms with van der Waals surface area (Å²) in [5.74, 6) is 0.750. The molecule has 27 heavy (non-hydrogen) atoms. The van der Waals surface area contributed by atoms with Crippen LogP contribution in [0.25, 0.3) is 0 Å². The molecule has 4 rings (SSSR count). The highest BCUT2D eigenvalue weighted by Crippen LogP contribution is 2.33. The standard InChI is InChI=1S/C21H40N4O.ClH/c1-24-13-8-21(9-14-24,25-11-3-2-4-12-25)17-23-19-7-5-6-18(19)20-16-26-15-10-22-20;/h18-20,22-23H,2-17H2,1H3;1H. The molecule has 0 aromatic rings. The Morgan fingerprint density at radius 3 is 2.52 bits per heavy atom. The highest BCUT2D eigenvalue weighted by molar-refractivity contribution is 5.85. The number of nitrogens with one attached hydrogen (secondary N) is 2. The maximum absolute atomic E-state index is 5.76. The van der Waals surface area contributed by atoms with E-state index < -0.39 is 0 Å². The van der Waals surface area contributed by atoms with Crippen molar-refractivity contribution >= 4 is 12.4 Å². The Hall–Kier alpha value is 0.0900. The van der Waals surface area contributed by atoms with Crippen molar-refractivity contribution in [3.63, 3.8) is 0 Å². The van der Waals surface area contributed by atoms with Crippen LogP contribution in [0.5, 0.6) is 0 Å². The summed E-state index contributed by atoms with van der Waals surface area (Å²) in [7, 11) is 2.29. The first-order valence-corrected chi connectivity index (χ1v) is 11.2. The van der Waals surface area contributed by atoms with E-state index in [-0.39, 0.29) is 12.4 Å². The van der Waals surface area contributed by atoms with E-state index in [1.807, 2.05) is 0 Å². The Morgan fingerprint density at radius 1 is 1.04 bits per heavy atom. The first-order valence-electron chi connectivity index (χ1n) is 11.2. The summed E-state index contributed by atoms with van der Waals surface area (Å²) in [6, 6.07) is 1.24. The van der Waals surface area contributed by atoms with E-state index in [9.17, 15) is 0 Å². The second-order valence-electron chi connectivity index (χ2n) is 9.29. The Balaban J connectivity index is 0.00000210. The van der Waals surface area contributed by atoms with Crippen LogP contribution in [-0.4, -0.2) is 87.0 Å². The van der Waals surface area contributed by atoms with Crippen molar-refractivity contribution in [1.29, 1.82) is 0 Å². The molecule has 3 aliphatic heterocycles. The van der Waals surface area contributed by atoms with Crippen LogP contribution in [0.1, 0.15) is 51.4 Å². The molecule has 0 bridgehead atoms. The van der Waals surface area contributed by atoms with Crippen LogP contribution in [0.15, 0.2) is 0 Å². The molecule has 2 N–H and O–H groups in total. The molecular formula is C21H41ClN4O. The van der Waals surface area contributed by atoms with Gasteiger partial charge in [-0.15, -0.1) is 12.4 Å². The lowest BCUT2D eigenvalue weighted by Crippen LogP contribution is -2.62. The number of piperidine rings is 2. The molecule has 6 heteroatoms. The van der Waals surface area contributed by atoms with E-state index >= 15 is 0 Å². The number of ether oxygens (including phenoxy) is 1. The molecule has 0 amide bonds. The monoisotopic (exact) mass is 400 g/mol. The molecule has 3 saturated heterocycles. The number of likely N-dealkylation sites (tertiary alicyclic amines) is 2. The van der Waals surface area contributed by atoms with Gasteiger partial charge in [-0.25, -0.2) is 0 Å². The normalized spacial score (nSPS) is 35.7.